The topological polar surface area (TPSA) is 41.6 Å². The van der Waals surface area contributed by atoms with E-state index in [1.54, 1.807) is 6.08 Å². The van der Waals surface area contributed by atoms with Gasteiger partial charge in [-0.25, -0.2) is 0 Å². The Kier molecular flexibility index (Phi) is 4.65. The number of rotatable bonds is 4. The summed E-state index contributed by atoms with van der Waals surface area (Å²) in [6, 6.07) is 14.4. The molecule has 2 aromatic carbocycles. The number of carbonyl (C=O) groups excluding carboxylic acids is 1. The molecule has 0 spiro atoms. The lowest BCUT2D eigenvalue weighted by molar-refractivity contribution is -0.116. The molecule has 1 unspecified atom stereocenters. The van der Waals surface area contributed by atoms with E-state index in [4.69, 9.17) is 4.74 Å². The lowest BCUT2D eigenvalue weighted by Gasteiger charge is -2.27. The molecule has 2 aliphatic rings. The van der Waals surface area contributed by atoms with Crippen LogP contribution in [0.1, 0.15) is 23.1 Å². The summed E-state index contributed by atoms with van der Waals surface area (Å²) in [5.41, 5.74) is 4.94. The van der Waals surface area contributed by atoms with Crippen molar-refractivity contribution in [3.8, 4) is 5.75 Å². The zero-order chi connectivity index (χ0) is 17.9. The minimum absolute atomic E-state index is 0.0176. The van der Waals surface area contributed by atoms with Gasteiger partial charge in [-0.05, 0) is 53.8 Å². The highest BCUT2D eigenvalue weighted by molar-refractivity contribution is 5.91. The summed E-state index contributed by atoms with van der Waals surface area (Å²) in [6.07, 6.45) is 6.64. The van der Waals surface area contributed by atoms with Gasteiger partial charge in [-0.3, -0.25) is 4.79 Å². The second kappa shape index (κ2) is 7.24. The monoisotopic (exact) mass is 348 g/mol. The number of hydrogen-bond acceptors (Lipinski definition) is 3. The van der Waals surface area contributed by atoms with E-state index < -0.39 is 0 Å². The van der Waals surface area contributed by atoms with E-state index in [0.717, 1.165) is 30.7 Å². The average molecular weight is 348 g/mol. The van der Waals surface area contributed by atoms with Crippen LogP contribution in [0.4, 0.5) is 5.69 Å². The largest absolute Gasteiger partial charge is 0.488 e. The van der Waals surface area contributed by atoms with Crippen molar-refractivity contribution < 1.29 is 9.53 Å². The normalized spacial score (nSPS) is 18.3. The Balaban J connectivity index is 1.31. The molecule has 2 heterocycles. The molecule has 1 N–H and O–H groups in total. The fourth-order valence-corrected chi connectivity index (χ4v) is 3.72. The summed E-state index contributed by atoms with van der Waals surface area (Å²) in [5, 5.41) is 2.94. The van der Waals surface area contributed by atoms with Gasteiger partial charge in [-0.2, -0.15) is 0 Å². The Bertz CT molecular complexity index is 819. The van der Waals surface area contributed by atoms with Crippen LogP contribution < -0.4 is 15.0 Å². The van der Waals surface area contributed by atoms with Crippen molar-refractivity contribution in [2.75, 3.05) is 25.0 Å². The van der Waals surface area contributed by atoms with Crippen LogP contribution in [0, 0.1) is 0 Å². The highest BCUT2D eigenvalue weighted by Crippen LogP contribution is 2.28. The van der Waals surface area contributed by atoms with Crippen LogP contribution in [0.3, 0.4) is 0 Å². The molecule has 0 saturated carbocycles. The molecule has 0 fully saturated rings. The fraction of sp³-hybridized carbons (Fsp3) is 0.318. The first-order valence-corrected chi connectivity index (χ1v) is 9.23. The quantitative estimate of drug-likeness (QED) is 0.863. The summed E-state index contributed by atoms with van der Waals surface area (Å²) >= 11 is 0. The Morgan fingerprint density at radius 1 is 1.27 bits per heavy atom. The minimum atomic E-state index is -0.0839. The van der Waals surface area contributed by atoms with Crippen LogP contribution in [-0.4, -0.2) is 32.1 Å². The van der Waals surface area contributed by atoms with E-state index in [1.165, 1.54) is 23.2 Å². The first kappa shape index (κ1) is 16.7. The van der Waals surface area contributed by atoms with Crippen LogP contribution in [-0.2, 0) is 17.6 Å². The zero-order valence-electron chi connectivity index (χ0n) is 15.1. The van der Waals surface area contributed by atoms with Crippen molar-refractivity contribution in [1.29, 1.82) is 0 Å². The van der Waals surface area contributed by atoms with Gasteiger partial charge < -0.3 is 15.0 Å². The van der Waals surface area contributed by atoms with E-state index >= 15 is 0 Å². The number of benzene rings is 2. The van der Waals surface area contributed by atoms with Gasteiger partial charge >= 0.3 is 0 Å². The summed E-state index contributed by atoms with van der Waals surface area (Å²) < 4.78 is 5.85. The lowest BCUT2D eigenvalue weighted by atomic mass is 9.99. The maximum absolute atomic E-state index is 12.1. The van der Waals surface area contributed by atoms with Crippen molar-refractivity contribution >= 4 is 17.7 Å². The molecule has 1 atom stereocenters. The molecule has 4 rings (SSSR count). The number of nitrogens with zero attached hydrogens (tertiary/aromatic N) is 1. The van der Waals surface area contributed by atoms with Crippen molar-refractivity contribution in [3.63, 3.8) is 0 Å². The molecular formula is C22H24N2O2. The number of fused-ring (bicyclic) bond motifs is 2. The first-order valence-electron chi connectivity index (χ1n) is 9.23. The van der Waals surface area contributed by atoms with E-state index in [2.05, 4.69) is 41.5 Å². The summed E-state index contributed by atoms with van der Waals surface area (Å²) in [4.78, 5) is 14.4. The minimum Gasteiger partial charge on any atom is -0.488 e. The maximum atomic E-state index is 12.1. The summed E-state index contributed by atoms with van der Waals surface area (Å²) in [6.45, 7) is 1.63. The molecule has 26 heavy (non-hydrogen) atoms. The van der Waals surface area contributed by atoms with Crippen molar-refractivity contribution in [2.24, 2.45) is 0 Å². The second-order valence-corrected chi connectivity index (χ2v) is 7.04. The van der Waals surface area contributed by atoms with E-state index in [9.17, 15) is 4.79 Å². The standard InChI is InChI=1S/C22H24N2O2/c1-24-12-4-6-17-13-16(8-10-20(17)24)9-11-22(25)23-15-19-14-18-5-2-3-7-21(18)26-19/h2-3,5,7-11,13,19H,4,6,12,14-15H2,1H3,(H,23,25)/b11-9+. The number of ether oxygens (including phenoxy) is 1. The van der Waals surface area contributed by atoms with Gasteiger partial charge in [0.1, 0.15) is 11.9 Å². The third-order valence-corrected chi connectivity index (χ3v) is 5.10. The molecule has 0 bridgehead atoms. The smallest absolute Gasteiger partial charge is 0.244 e. The average Bonchev–Trinajstić information content (AvgIpc) is 3.08. The molecule has 2 aliphatic heterocycles. The third kappa shape index (κ3) is 3.59. The lowest BCUT2D eigenvalue weighted by Crippen LogP contribution is -2.33. The van der Waals surface area contributed by atoms with E-state index in [1.807, 2.05) is 24.3 Å². The van der Waals surface area contributed by atoms with E-state index in [0.29, 0.717) is 6.54 Å². The van der Waals surface area contributed by atoms with Crippen molar-refractivity contribution in [3.05, 3.63) is 65.2 Å². The number of anilines is 1. The fourth-order valence-electron chi connectivity index (χ4n) is 3.72. The molecule has 1 amide bonds. The summed E-state index contributed by atoms with van der Waals surface area (Å²) in [5.74, 6) is 0.848. The van der Waals surface area contributed by atoms with Crippen LogP contribution in [0.2, 0.25) is 0 Å². The summed E-state index contributed by atoms with van der Waals surface area (Å²) in [7, 11) is 2.13. The van der Waals surface area contributed by atoms with Gasteiger partial charge in [0.25, 0.3) is 0 Å². The second-order valence-electron chi connectivity index (χ2n) is 7.04. The Morgan fingerprint density at radius 3 is 3.04 bits per heavy atom. The predicted molar refractivity (Wildman–Crippen MR) is 105 cm³/mol. The van der Waals surface area contributed by atoms with Gasteiger partial charge in [0.2, 0.25) is 5.91 Å². The predicted octanol–water partition coefficient (Wildman–Crippen LogP) is 3.20. The molecular weight excluding hydrogens is 324 g/mol. The maximum Gasteiger partial charge on any atom is 0.244 e. The number of nitrogens with one attached hydrogen (secondary N) is 1. The number of amides is 1. The number of aryl methyl sites for hydroxylation is 1. The zero-order valence-corrected chi connectivity index (χ0v) is 15.1. The molecule has 0 aliphatic carbocycles. The molecule has 4 nitrogen and oxygen atoms in total. The van der Waals surface area contributed by atoms with Gasteiger partial charge in [0.15, 0.2) is 0 Å². The highest BCUT2D eigenvalue weighted by atomic mass is 16.5. The van der Waals surface area contributed by atoms with Gasteiger partial charge in [0.05, 0.1) is 6.54 Å². The van der Waals surface area contributed by atoms with Gasteiger partial charge in [-0.1, -0.05) is 24.3 Å². The molecule has 4 heteroatoms. The number of carbonyl (C=O) groups is 1. The van der Waals surface area contributed by atoms with Crippen LogP contribution in [0.25, 0.3) is 6.08 Å². The van der Waals surface area contributed by atoms with E-state index in [-0.39, 0.29) is 12.0 Å². The van der Waals surface area contributed by atoms with Crippen molar-refractivity contribution in [1.82, 2.24) is 5.32 Å². The molecule has 0 radical (unpaired) electrons. The Hall–Kier alpha value is -2.75. The van der Waals surface area contributed by atoms with Gasteiger partial charge in [-0.15, -0.1) is 0 Å². The number of para-hydroxylation sites is 1. The molecule has 134 valence electrons. The molecule has 2 aromatic rings. The van der Waals surface area contributed by atoms with Crippen LogP contribution >= 0.6 is 0 Å². The molecule has 0 saturated heterocycles. The number of hydrogen-bond donors (Lipinski definition) is 1. The first-order chi connectivity index (χ1) is 12.7. The van der Waals surface area contributed by atoms with Crippen molar-refractivity contribution in [2.45, 2.75) is 25.4 Å². The Morgan fingerprint density at radius 2 is 2.15 bits per heavy atom. The van der Waals surface area contributed by atoms with Crippen LogP contribution in [0.15, 0.2) is 48.5 Å². The molecule has 0 aromatic heterocycles. The highest BCUT2D eigenvalue weighted by Gasteiger charge is 2.22. The van der Waals surface area contributed by atoms with Crippen LogP contribution in [0.5, 0.6) is 5.75 Å². The Labute approximate surface area is 154 Å². The van der Waals surface area contributed by atoms with Gasteiger partial charge in [0, 0.05) is 31.8 Å². The SMILES string of the molecule is CN1CCCc2cc(/C=C/C(=O)NCC3Cc4ccccc4O3)ccc21. The third-order valence-electron chi connectivity index (χ3n) is 5.10.